The van der Waals surface area contributed by atoms with Crippen molar-refractivity contribution in [3.8, 4) is 0 Å². The Kier molecular flexibility index (Phi) is 1.71. The van der Waals surface area contributed by atoms with E-state index < -0.39 is 14.6 Å². The quantitative estimate of drug-likeness (QED) is 0.494. The third-order valence-electron chi connectivity index (χ3n) is 1.11. The van der Waals surface area contributed by atoms with Gasteiger partial charge in [-0.3, -0.25) is 0 Å². The first-order chi connectivity index (χ1) is 3.25. The van der Waals surface area contributed by atoms with Gasteiger partial charge in [0, 0.05) is 6.26 Å². The van der Waals surface area contributed by atoms with Crippen LogP contribution in [0.1, 0.15) is 20.8 Å². The van der Waals surface area contributed by atoms with Crippen molar-refractivity contribution in [3.63, 3.8) is 0 Å². The van der Waals surface area contributed by atoms with Crippen molar-refractivity contribution in [2.75, 3.05) is 6.26 Å². The van der Waals surface area contributed by atoms with Crippen molar-refractivity contribution < 1.29 is 8.42 Å². The van der Waals surface area contributed by atoms with Crippen LogP contribution < -0.4 is 0 Å². The van der Waals surface area contributed by atoms with E-state index in [2.05, 4.69) is 0 Å². The third kappa shape index (κ3) is 1.82. The Balaban J connectivity index is 4.53. The van der Waals surface area contributed by atoms with Crippen molar-refractivity contribution in [1.82, 2.24) is 0 Å². The van der Waals surface area contributed by atoms with E-state index in [1.54, 1.807) is 20.8 Å². The zero-order valence-electron chi connectivity index (χ0n) is 5.72. The van der Waals surface area contributed by atoms with E-state index in [0.29, 0.717) is 0 Å². The van der Waals surface area contributed by atoms with Gasteiger partial charge in [0.2, 0.25) is 0 Å². The molecule has 8 heavy (non-hydrogen) atoms. The molecule has 0 unspecified atom stereocenters. The molecule has 0 aliphatic carbocycles. The summed E-state index contributed by atoms with van der Waals surface area (Å²) in [5.41, 5.74) is 0. The van der Waals surface area contributed by atoms with Crippen molar-refractivity contribution in [3.05, 3.63) is 0 Å². The van der Waals surface area contributed by atoms with Gasteiger partial charge in [0.25, 0.3) is 0 Å². The highest BCUT2D eigenvalue weighted by molar-refractivity contribution is 7.92. The zero-order chi connectivity index (χ0) is 7.00. The Hall–Kier alpha value is -0.0500. The fourth-order valence-electron chi connectivity index (χ4n) is 0. The lowest BCUT2D eigenvalue weighted by Crippen LogP contribution is -2.26. The molecule has 0 atom stereocenters. The molecule has 50 valence electrons. The molecule has 0 N–H and O–H groups in total. The lowest BCUT2D eigenvalue weighted by Gasteiger charge is -2.14. The van der Waals surface area contributed by atoms with Crippen molar-refractivity contribution >= 4 is 9.84 Å². The minimum Gasteiger partial charge on any atom is -0.229 e. The standard InChI is InChI=1S/C5H12O2S/c1-5(2,3)8(4,6)7/h1-4H3. The fourth-order valence-corrected chi connectivity index (χ4v) is 0. The number of hydrogen-bond donors (Lipinski definition) is 0. The van der Waals surface area contributed by atoms with E-state index in [0.717, 1.165) is 0 Å². The second-order valence-electron chi connectivity index (χ2n) is 2.88. The molecule has 0 aromatic rings. The van der Waals surface area contributed by atoms with Gasteiger partial charge in [-0.1, -0.05) is 0 Å². The summed E-state index contributed by atoms with van der Waals surface area (Å²) in [6, 6.07) is 0. The highest BCUT2D eigenvalue weighted by Gasteiger charge is 2.22. The first-order valence-electron chi connectivity index (χ1n) is 2.45. The lowest BCUT2D eigenvalue weighted by atomic mass is 10.3. The van der Waals surface area contributed by atoms with Gasteiger partial charge in [0.05, 0.1) is 4.75 Å². The van der Waals surface area contributed by atoms with Crippen molar-refractivity contribution in [2.24, 2.45) is 0 Å². The first kappa shape index (κ1) is 7.95. The normalized spacial score (nSPS) is 14.0. The molecule has 0 fully saturated rings. The van der Waals surface area contributed by atoms with Gasteiger partial charge in [-0.2, -0.15) is 0 Å². The van der Waals surface area contributed by atoms with Gasteiger partial charge in [-0.15, -0.1) is 0 Å². The van der Waals surface area contributed by atoms with E-state index in [9.17, 15) is 8.42 Å². The predicted molar refractivity (Wildman–Crippen MR) is 34.6 cm³/mol. The highest BCUT2D eigenvalue weighted by Crippen LogP contribution is 2.11. The molecule has 3 heteroatoms. The zero-order valence-corrected chi connectivity index (χ0v) is 6.54. The molecule has 0 aliphatic rings. The first-order valence-corrected chi connectivity index (χ1v) is 4.34. The summed E-state index contributed by atoms with van der Waals surface area (Å²) in [7, 11) is -2.84. The molecule has 0 rings (SSSR count). The molecule has 0 saturated heterocycles. The van der Waals surface area contributed by atoms with Gasteiger partial charge < -0.3 is 0 Å². The van der Waals surface area contributed by atoms with Crippen LogP contribution in [-0.2, 0) is 9.84 Å². The minimum absolute atomic E-state index is 0.590. The summed E-state index contributed by atoms with van der Waals surface area (Å²) < 4.78 is 20.7. The summed E-state index contributed by atoms with van der Waals surface area (Å²) in [4.78, 5) is 0. The molecule has 0 aromatic carbocycles. The molecule has 0 saturated carbocycles. The average Bonchev–Trinajstić information content (AvgIpc) is 1.25. The van der Waals surface area contributed by atoms with Crippen LogP contribution >= 0.6 is 0 Å². The van der Waals surface area contributed by atoms with E-state index in [1.807, 2.05) is 0 Å². The SMILES string of the molecule is CC(C)(C)S(C)(=O)=O. The summed E-state index contributed by atoms with van der Waals surface area (Å²) in [5, 5.41) is 0. The van der Waals surface area contributed by atoms with E-state index >= 15 is 0 Å². The molecule has 0 heterocycles. The van der Waals surface area contributed by atoms with Crippen LogP contribution in [0, 0.1) is 0 Å². The maximum atomic E-state index is 10.7. The predicted octanol–water partition coefficient (Wildman–Crippen LogP) is 0.830. The topological polar surface area (TPSA) is 34.1 Å². The van der Waals surface area contributed by atoms with Crippen LogP contribution in [0.2, 0.25) is 0 Å². The van der Waals surface area contributed by atoms with Gasteiger partial charge >= 0.3 is 0 Å². The van der Waals surface area contributed by atoms with E-state index in [4.69, 9.17) is 0 Å². The molecule has 0 radical (unpaired) electrons. The maximum absolute atomic E-state index is 10.7. The van der Waals surface area contributed by atoms with Gasteiger partial charge in [0.15, 0.2) is 9.84 Å². The van der Waals surface area contributed by atoms with Crippen molar-refractivity contribution in [1.29, 1.82) is 0 Å². The van der Waals surface area contributed by atoms with Crippen LogP contribution in [0.3, 0.4) is 0 Å². The van der Waals surface area contributed by atoms with Gasteiger partial charge in [0.1, 0.15) is 0 Å². The van der Waals surface area contributed by atoms with Crippen LogP contribution in [0.15, 0.2) is 0 Å². The smallest absolute Gasteiger partial charge is 0.152 e. The summed E-state index contributed by atoms with van der Waals surface area (Å²) in [5.74, 6) is 0. The summed E-state index contributed by atoms with van der Waals surface area (Å²) >= 11 is 0. The largest absolute Gasteiger partial charge is 0.229 e. The fraction of sp³-hybridized carbons (Fsp3) is 1.00. The Labute approximate surface area is 50.8 Å². The number of rotatable bonds is 0. The second kappa shape index (κ2) is 1.72. The monoisotopic (exact) mass is 136 g/mol. The summed E-state index contributed by atoms with van der Waals surface area (Å²) in [6.45, 7) is 5.05. The number of hydrogen-bond acceptors (Lipinski definition) is 2. The minimum atomic E-state index is -2.84. The van der Waals surface area contributed by atoms with E-state index in [1.165, 1.54) is 6.26 Å². The third-order valence-corrected chi connectivity index (χ3v) is 3.34. The van der Waals surface area contributed by atoms with E-state index in [-0.39, 0.29) is 0 Å². The van der Waals surface area contributed by atoms with Crippen molar-refractivity contribution in [2.45, 2.75) is 25.5 Å². The molecule has 2 nitrogen and oxygen atoms in total. The van der Waals surface area contributed by atoms with Crippen LogP contribution in [0.5, 0.6) is 0 Å². The van der Waals surface area contributed by atoms with Crippen LogP contribution in [0.4, 0.5) is 0 Å². The van der Waals surface area contributed by atoms with Gasteiger partial charge in [-0.05, 0) is 20.8 Å². The Bertz CT molecular complexity index is 159. The Morgan fingerprint density at radius 1 is 1.12 bits per heavy atom. The molecule has 0 bridgehead atoms. The molecule has 0 spiro atoms. The molecule has 0 amide bonds. The molecule has 0 aliphatic heterocycles. The van der Waals surface area contributed by atoms with Crippen LogP contribution in [-0.4, -0.2) is 19.4 Å². The maximum Gasteiger partial charge on any atom is 0.152 e. The lowest BCUT2D eigenvalue weighted by molar-refractivity contribution is 0.566. The highest BCUT2D eigenvalue weighted by atomic mass is 32.2. The average molecular weight is 136 g/mol. The Morgan fingerprint density at radius 2 is 1.25 bits per heavy atom. The Morgan fingerprint density at radius 3 is 1.25 bits per heavy atom. The second-order valence-corrected chi connectivity index (χ2v) is 5.65. The molecular formula is C5H12O2S. The van der Waals surface area contributed by atoms with Crippen LogP contribution in [0.25, 0.3) is 0 Å². The number of sulfone groups is 1. The summed E-state index contributed by atoms with van der Waals surface area (Å²) in [6.07, 6.45) is 1.24. The van der Waals surface area contributed by atoms with Gasteiger partial charge in [-0.25, -0.2) is 8.42 Å². The molecular weight excluding hydrogens is 124 g/mol. The molecule has 0 aromatic heterocycles.